The summed E-state index contributed by atoms with van der Waals surface area (Å²) in [6, 6.07) is 15.1. The van der Waals surface area contributed by atoms with Crippen LogP contribution in [0, 0.1) is 0 Å². The molecule has 1 heterocycles. The number of benzene rings is 2. The number of hydrogen-bond donors (Lipinski definition) is 0. The number of rotatable bonds is 5. The van der Waals surface area contributed by atoms with Gasteiger partial charge in [-0.05, 0) is 72.7 Å². The summed E-state index contributed by atoms with van der Waals surface area (Å²) in [5.41, 5.74) is -3.30. The Kier molecular flexibility index (Phi) is 8.04. The summed E-state index contributed by atoms with van der Waals surface area (Å²) in [7, 11) is 1.18. The number of carbonyl (C=O) groups excluding carboxylic acids is 3. The van der Waals surface area contributed by atoms with Crippen LogP contribution in [0.3, 0.4) is 0 Å². The van der Waals surface area contributed by atoms with E-state index < -0.39 is 35.0 Å². The van der Waals surface area contributed by atoms with Crippen LogP contribution in [0.1, 0.15) is 59.6 Å². The lowest BCUT2D eigenvalue weighted by atomic mass is 9.99. The lowest BCUT2D eigenvalue weighted by molar-refractivity contribution is -0.161. The zero-order chi connectivity index (χ0) is 28.3. The van der Waals surface area contributed by atoms with Crippen LogP contribution in [0.4, 0.5) is 9.59 Å². The standard InChI is InChI=1S/C28H35N3O7/c1-9-36-21-17-15-19(16-18-21)22-29-28(23(32)35-8,20-13-11-10-12-14-20)31(25(34)38-27(5,6)7)30(22)24(33)37-26(2,3)4/h10-18H,9H2,1-8H3/t28-/m1/s1. The molecule has 10 heteroatoms. The third-order valence-electron chi connectivity index (χ3n) is 5.18. The van der Waals surface area contributed by atoms with E-state index in [4.69, 9.17) is 23.9 Å². The van der Waals surface area contributed by atoms with Gasteiger partial charge in [0, 0.05) is 11.1 Å². The number of hydrogen-bond acceptors (Lipinski definition) is 8. The molecule has 0 aliphatic carbocycles. The number of carbonyl (C=O) groups is 3. The molecule has 2 aromatic rings. The highest BCUT2D eigenvalue weighted by molar-refractivity contribution is 6.11. The summed E-state index contributed by atoms with van der Waals surface area (Å²) >= 11 is 0. The number of ether oxygens (including phenoxy) is 4. The maximum Gasteiger partial charge on any atom is 0.435 e. The van der Waals surface area contributed by atoms with Crippen molar-refractivity contribution in [2.75, 3.05) is 13.7 Å². The highest BCUT2D eigenvalue weighted by Gasteiger charge is 2.61. The van der Waals surface area contributed by atoms with Gasteiger partial charge in [0.25, 0.3) is 5.66 Å². The fourth-order valence-corrected chi connectivity index (χ4v) is 3.78. The molecule has 1 aliphatic rings. The molecule has 38 heavy (non-hydrogen) atoms. The maximum absolute atomic E-state index is 13.8. The van der Waals surface area contributed by atoms with Crippen LogP contribution < -0.4 is 4.74 Å². The van der Waals surface area contributed by atoms with E-state index >= 15 is 0 Å². The molecule has 0 spiro atoms. The smallest absolute Gasteiger partial charge is 0.435 e. The van der Waals surface area contributed by atoms with E-state index in [1.165, 1.54) is 7.11 Å². The monoisotopic (exact) mass is 525 g/mol. The van der Waals surface area contributed by atoms with Gasteiger partial charge in [0.15, 0.2) is 5.84 Å². The number of nitrogens with zero attached hydrogens (tertiary/aromatic N) is 3. The molecule has 0 N–H and O–H groups in total. The summed E-state index contributed by atoms with van der Waals surface area (Å²) < 4.78 is 22.1. The third-order valence-corrected chi connectivity index (χ3v) is 5.18. The molecule has 0 saturated carbocycles. The second kappa shape index (κ2) is 10.7. The van der Waals surface area contributed by atoms with Gasteiger partial charge in [-0.1, -0.05) is 30.3 Å². The largest absolute Gasteiger partial charge is 0.494 e. The summed E-state index contributed by atoms with van der Waals surface area (Å²) in [4.78, 5) is 45.9. The van der Waals surface area contributed by atoms with Crippen molar-refractivity contribution in [1.29, 1.82) is 0 Å². The molecule has 0 unspecified atom stereocenters. The van der Waals surface area contributed by atoms with Crippen LogP contribution in [0.25, 0.3) is 0 Å². The van der Waals surface area contributed by atoms with E-state index in [-0.39, 0.29) is 11.4 Å². The minimum atomic E-state index is -2.12. The van der Waals surface area contributed by atoms with Crippen LogP contribution in [-0.2, 0) is 24.7 Å². The number of esters is 1. The second-order valence-electron chi connectivity index (χ2n) is 10.5. The molecular weight excluding hydrogens is 490 g/mol. The van der Waals surface area contributed by atoms with Crippen LogP contribution in [0.2, 0.25) is 0 Å². The Hall–Kier alpha value is -4.08. The van der Waals surface area contributed by atoms with Gasteiger partial charge in [0.1, 0.15) is 17.0 Å². The van der Waals surface area contributed by atoms with Gasteiger partial charge in [-0.25, -0.2) is 19.4 Å². The van der Waals surface area contributed by atoms with Crippen molar-refractivity contribution in [3.8, 4) is 5.75 Å². The second-order valence-corrected chi connectivity index (χ2v) is 10.5. The average Bonchev–Trinajstić information content (AvgIpc) is 3.20. The van der Waals surface area contributed by atoms with Crippen molar-refractivity contribution < 1.29 is 33.3 Å². The van der Waals surface area contributed by atoms with Gasteiger partial charge in [-0.2, -0.15) is 10.0 Å². The highest BCUT2D eigenvalue weighted by atomic mass is 16.6. The molecule has 2 amide bonds. The summed E-state index contributed by atoms with van der Waals surface area (Å²) in [5.74, 6) is -0.309. The molecule has 0 fully saturated rings. The summed E-state index contributed by atoms with van der Waals surface area (Å²) in [6.07, 6.45) is -1.93. The van der Waals surface area contributed by atoms with E-state index in [0.29, 0.717) is 17.9 Å². The normalized spacial score (nSPS) is 17.5. The van der Waals surface area contributed by atoms with Crippen molar-refractivity contribution in [1.82, 2.24) is 10.0 Å². The third kappa shape index (κ3) is 5.90. The fraction of sp³-hybridized carbons (Fsp3) is 0.429. The van der Waals surface area contributed by atoms with E-state index in [2.05, 4.69) is 0 Å². The average molecular weight is 526 g/mol. The molecule has 10 nitrogen and oxygen atoms in total. The Morgan fingerprint density at radius 3 is 1.89 bits per heavy atom. The molecule has 1 aliphatic heterocycles. The number of hydrazine groups is 1. The first-order valence-corrected chi connectivity index (χ1v) is 12.3. The molecular formula is C28H35N3O7. The molecule has 3 rings (SSSR count). The Labute approximate surface area is 223 Å². The van der Waals surface area contributed by atoms with Crippen molar-refractivity contribution in [2.24, 2.45) is 4.99 Å². The SMILES string of the molecule is CCOc1ccc(C2=N[C@](C(=O)OC)(c3ccccc3)N(C(=O)OC(C)(C)C)N2C(=O)OC(C)(C)C)cc1. The Morgan fingerprint density at radius 1 is 0.842 bits per heavy atom. The minimum Gasteiger partial charge on any atom is -0.494 e. The topological polar surface area (TPSA) is 107 Å². The first-order chi connectivity index (χ1) is 17.7. The Morgan fingerprint density at radius 2 is 1.39 bits per heavy atom. The molecule has 0 aromatic heterocycles. The quantitative estimate of drug-likeness (QED) is 0.387. The maximum atomic E-state index is 13.8. The summed E-state index contributed by atoms with van der Waals surface area (Å²) in [5, 5.41) is 1.79. The predicted molar refractivity (Wildman–Crippen MR) is 140 cm³/mol. The lowest BCUT2D eigenvalue weighted by Gasteiger charge is -2.38. The number of amidine groups is 1. The van der Waals surface area contributed by atoms with Crippen molar-refractivity contribution >= 4 is 24.0 Å². The molecule has 0 bridgehead atoms. The molecule has 0 radical (unpaired) electrons. The lowest BCUT2D eigenvalue weighted by Crippen LogP contribution is -2.60. The van der Waals surface area contributed by atoms with Crippen LogP contribution in [0.15, 0.2) is 59.6 Å². The van der Waals surface area contributed by atoms with E-state index in [0.717, 1.165) is 10.0 Å². The number of aliphatic imine (C=N–C) groups is 1. The molecule has 1 atom stereocenters. The highest BCUT2D eigenvalue weighted by Crippen LogP contribution is 2.41. The molecule has 204 valence electrons. The van der Waals surface area contributed by atoms with E-state index in [1.54, 1.807) is 96.1 Å². The number of amides is 2. The first-order valence-electron chi connectivity index (χ1n) is 12.3. The predicted octanol–water partition coefficient (Wildman–Crippen LogP) is 5.26. The molecule has 2 aromatic carbocycles. The Balaban J connectivity index is 2.34. The van der Waals surface area contributed by atoms with Crippen molar-refractivity contribution in [2.45, 2.75) is 65.3 Å². The molecule has 0 saturated heterocycles. The van der Waals surface area contributed by atoms with Gasteiger partial charge < -0.3 is 18.9 Å². The van der Waals surface area contributed by atoms with E-state index in [9.17, 15) is 14.4 Å². The van der Waals surface area contributed by atoms with Gasteiger partial charge >= 0.3 is 18.2 Å². The van der Waals surface area contributed by atoms with Gasteiger partial charge in [0.05, 0.1) is 13.7 Å². The van der Waals surface area contributed by atoms with Gasteiger partial charge in [-0.15, -0.1) is 0 Å². The number of methoxy groups -OCH3 is 1. The van der Waals surface area contributed by atoms with Crippen LogP contribution >= 0.6 is 0 Å². The van der Waals surface area contributed by atoms with Crippen molar-refractivity contribution in [3.05, 3.63) is 65.7 Å². The van der Waals surface area contributed by atoms with Crippen LogP contribution in [0.5, 0.6) is 5.75 Å². The van der Waals surface area contributed by atoms with Crippen molar-refractivity contribution in [3.63, 3.8) is 0 Å². The van der Waals surface area contributed by atoms with E-state index in [1.807, 2.05) is 6.92 Å². The van der Waals surface area contributed by atoms with Crippen LogP contribution in [-0.4, -0.2) is 58.9 Å². The summed E-state index contributed by atoms with van der Waals surface area (Å²) in [6.45, 7) is 12.4. The zero-order valence-electron chi connectivity index (χ0n) is 23.1. The fourth-order valence-electron chi connectivity index (χ4n) is 3.78. The van der Waals surface area contributed by atoms with Gasteiger partial charge in [-0.3, -0.25) is 0 Å². The Bertz CT molecular complexity index is 1200. The van der Waals surface area contributed by atoms with Gasteiger partial charge in [0.2, 0.25) is 0 Å². The zero-order valence-corrected chi connectivity index (χ0v) is 23.1. The first kappa shape index (κ1) is 28.5. The minimum absolute atomic E-state index is 0.0117.